The van der Waals surface area contributed by atoms with Crippen molar-refractivity contribution < 1.29 is 4.79 Å². The zero-order valence-corrected chi connectivity index (χ0v) is 15.3. The van der Waals surface area contributed by atoms with Gasteiger partial charge in [0.2, 0.25) is 5.91 Å². The fourth-order valence-electron chi connectivity index (χ4n) is 3.58. The molecule has 0 spiro atoms. The first kappa shape index (κ1) is 18.4. The van der Waals surface area contributed by atoms with E-state index in [4.69, 9.17) is 0 Å². The lowest BCUT2D eigenvalue weighted by molar-refractivity contribution is -0.131. The van der Waals surface area contributed by atoms with Crippen molar-refractivity contribution >= 4 is 40.1 Å². The fourth-order valence-corrected chi connectivity index (χ4v) is 3.58. The summed E-state index contributed by atoms with van der Waals surface area (Å²) in [5.74, 6) is 0.0997. The van der Waals surface area contributed by atoms with E-state index in [1.165, 1.54) is 0 Å². The van der Waals surface area contributed by atoms with Crippen LogP contribution in [0.2, 0.25) is 0 Å². The molecule has 4 rings (SSSR count). The van der Waals surface area contributed by atoms with Crippen LogP contribution < -0.4 is 10.7 Å². The maximum atomic E-state index is 12.9. The number of para-hydroxylation sites is 2. The Morgan fingerprint density at radius 2 is 1.54 bits per heavy atom. The van der Waals surface area contributed by atoms with Crippen LogP contribution in [-0.4, -0.2) is 41.6 Å². The topological polar surface area (TPSA) is 54.3 Å². The van der Waals surface area contributed by atoms with Gasteiger partial charge in [-0.1, -0.05) is 24.3 Å². The highest BCUT2D eigenvalue weighted by molar-refractivity contribution is 5.94. The van der Waals surface area contributed by atoms with Crippen molar-refractivity contribution in [3.05, 3.63) is 58.8 Å². The number of carbonyl (C=O) groups excluding carboxylic acids is 1. The molecule has 5 nitrogen and oxygen atoms in total. The van der Waals surface area contributed by atoms with Gasteiger partial charge in [0.05, 0.1) is 11.0 Å². The van der Waals surface area contributed by atoms with E-state index in [1.54, 1.807) is 0 Å². The van der Waals surface area contributed by atoms with Crippen molar-refractivity contribution in [2.24, 2.45) is 0 Å². The van der Waals surface area contributed by atoms with Gasteiger partial charge in [0, 0.05) is 30.4 Å². The van der Waals surface area contributed by atoms with Crippen LogP contribution in [0.3, 0.4) is 0 Å². The van der Waals surface area contributed by atoms with E-state index in [0.29, 0.717) is 10.8 Å². The molecular weight excluding hydrogens is 350 g/mol. The third-order valence-electron chi connectivity index (χ3n) is 4.87. The van der Waals surface area contributed by atoms with Crippen LogP contribution in [0, 0.1) is 0 Å². The van der Waals surface area contributed by atoms with Crippen LogP contribution in [0.15, 0.2) is 53.3 Å². The Hall–Kier alpha value is -2.37. The quantitative estimate of drug-likeness (QED) is 0.704. The zero-order chi connectivity index (χ0) is 17.2. The van der Waals surface area contributed by atoms with Crippen molar-refractivity contribution in [3.8, 4) is 0 Å². The number of pyridine rings is 1. The molecule has 136 valence electrons. The minimum atomic E-state index is 0. The van der Waals surface area contributed by atoms with Gasteiger partial charge >= 0.3 is 0 Å². The molecule has 2 heterocycles. The smallest absolute Gasteiger partial charge is 0.242 e. The molecule has 3 aromatic rings. The average molecular weight is 372 g/mol. The van der Waals surface area contributed by atoms with E-state index in [9.17, 15) is 9.59 Å². The first-order valence-corrected chi connectivity index (χ1v) is 8.74. The molecule has 1 aliphatic rings. The molecule has 0 unspecified atom stereocenters. The highest BCUT2D eigenvalue weighted by Gasteiger charge is 2.18. The lowest BCUT2D eigenvalue weighted by Crippen LogP contribution is -2.36. The average Bonchev–Trinajstić information content (AvgIpc) is 2.94. The van der Waals surface area contributed by atoms with E-state index < -0.39 is 0 Å². The fraction of sp³-hybridized carbons (Fsp3) is 0.300. The van der Waals surface area contributed by atoms with Gasteiger partial charge in [0.15, 0.2) is 5.43 Å². The third-order valence-corrected chi connectivity index (χ3v) is 4.87. The van der Waals surface area contributed by atoms with Gasteiger partial charge in [-0.25, -0.2) is 0 Å². The van der Waals surface area contributed by atoms with E-state index in [0.717, 1.165) is 43.6 Å². The van der Waals surface area contributed by atoms with Gasteiger partial charge in [-0.3, -0.25) is 9.59 Å². The van der Waals surface area contributed by atoms with Crippen LogP contribution in [0.4, 0.5) is 0 Å². The molecular formula is C20H22ClN3O2. The summed E-state index contributed by atoms with van der Waals surface area (Å²) < 4.78 is 1.98. The number of amides is 1. The second-order valence-corrected chi connectivity index (χ2v) is 6.43. The summed E-state index contributed by atoms with van der Waals surface area (Å²) in [7, 11) is 0. The number of benzene rings is 2. The molecule has 0 atom stereocenters. The summed E-state index contributed by atoms with van der Waals surface area (Å²) in [6, 6.07) is 15.1. The third kappa shape index (κ3) is 3.32. The minimum absolute atomic E-state index is 0. The summed E-state index contributed by atoms with van der Waals surface area (Å²) in [5.41, 5.74) is 1.65. The summed E-state index contributed by atoms with van der Waals surface area (Å²) in [6.45, 7) is 3.54. The minimum Gasteiger partial charge on any atom is -0.340 e. The molecule has 6 heteroatoms. The lowest BCUT2D eigenvalue weighted by Gasteiger charge is -2.22. The largest absolute Gasteiger partial charge is 0.340 e. The SMILES string of the molecule is Cl.O=C(Cn1c2ccccc2c(=O)c2ccccc21)N1CCCNCC1. The first-order valence-electron chi connectivity index (χ1n) is 8.74. The van der Waals surface area contributed by atoms with Crippen LogP contribution in [0.1, 0.15) is 6.42 Å². The molecule has 26 heavy (non-hydrogen) atoms. The molecule has 2 aromatic carbocycles. The Bertz CT molecular complexity index is 931. The van der Waals surface area contributed by atoms with Gasteiger partial charge < -0.3 is 14.8 Å². The number of fused-ring (bicyclic) bond motifs is 2. The second-order valence-electron chi connectivity index (χ2n) is 6.43. The predicted octanol–water partition coefficient (Wildman–Crippen LogP) is 2.40. The zero-order valence-electron chi connectivity index (χ0n) is 14.5. The van der Waals surface area contributed by atoms with Gasteiger partial charge in [-0.05, 0) is 37.2 Å². The Labute approximate surface area is 158 Å². The molecule has 1 saturated heterocycles. The van der Waals surface area contributed by atoms with E-state index >= 15 is 0 Å². The molecule has 0 saturated carbocycles. The molecule has 1 fully saturated rings. The Morgan fingerprint density at radius 3 is 2.19 bits per heavy atom. The van der Waals surface area contributed by atoms with Crippen LogP contribution in [-0.2, 0) is 11.3 Å². The van der Waals surface area contributed by atoms with Crippen molar-refractivity contribution in [1.82, 2.24) is 14.8 Å². The normalized spacial score (nSPS) is 14.8. The maximum Gasteiger partial charge on any atom is 0.242 e. The number of aromatic nitrogens is 1. The number of rotatable bonds is 2. The van der Waals surface area contributed by atoms with E-state index in [1.807, 2.05) is 58.0 Å². The maximum absolute atomic E-state index is 12.9. The number of hydrogen-bond acceptors (Lipinski definition) is 3. The molecule has 1 N–H and O–H groups in total. The van der Waals surface area contributed by atoms with Crippen molar-refractivity contribution in [3.63, 3.8) is 0 Å². The first-order chi connectivity index (χ1) is 12.3. The Kier molecular flexibility index (Phi) is 5.59. The van der Waals surface area contributed by atoms with Crippen molar-refractivity contribution in [2.45, 2.75) is 13.0 Å². The summed E-state index contributed by atoms with van der Waals surface area (Å²) >= 11 is 0. The highest BCUT2D eigenvalue weighted by atomic mass is 35.5. The monoisotopic (exact) mass is 371 g/mol. The van der Waals surface area contributed by atoms with Gasteiger partial charge in [-0.15, -0.1) is 12.4 Å². The number of carbonyl (C=O) groups is 1. The van der Waals surface area contributed by atoms with E-state index in [-0.39, 0.29) is 30.3 Å². The molecule has 0 aliphatic carbocycles. The summed E-state index contributed by atoms with van der Waals surface area (Å²) in [4.78, 5) is 27.6. The van der Waals surface area contributed by atoms with Gasteiger partial charge in [-0.2, -0.15) is 0 Å². The molecule has 0 bridgehead atoms. The lowest BCUT2D eigenvalue weighted by atomic mass is 10.1. The molecule has 1 aliphatic heterocycles. The summed E-state index contributed by atoms with van der Waals surface area (Å²) in [5, 5.41) is 4.64. The highest BCUT2D eigenvalue weighted by Crippen LogP contribution is 2.19. The van der Waals surface area contributed by atoms with Crippen molar-refractivity contribution in [1.29, 1.82) is 0 Å². The Balaban J connectivity index is 0.00000196. The van der Waals surface area contributed by atoms with Crippen LogP contribution in [0.25, 0.3) is 21.8 Å². The molecule has 1 aromatic heterocycles. The molecule has 1 amide bonds. The summed E-state index contributed by atoms with van der Waals surface area (Å²) in [6.07, 6.45) is 0.970. The van der Waals surface area contributed by atoms with Crippen molar-refractivity contribution in [2.75, 3.05) is 26.2 Å². The standard InChI is InChI=1S/C20H21N3O2.ClH/c24-19(22-12-5-10-21-11-13-22)14-23-17-8-3-1-6-15(17)20(25)16-7-2-4-9-18(16)23;/h1-4,6-9,21H,5,10-14H2;1H. The number of nitrogens with one attached hydrogen (secondary N) is 1. The van der Waals surface area contributed by atoms with Gasteiger partial charge in [0.25, 0.3) is 0 Å². The Morgan fingerprint density at radius 1 is 0.923 bits per heavy atom. The van der Waals surface area contributed by atoms with Gasteiger partial charge in [0.1, 0.15) is 6.54 Å². The second kappa shape index (κ2) is 7.89. The predicted molar refractivity (Wildman–Crippen MR) is 107 cm³/mol. The van der Waals surface area contributed by atoms with E-state index in [2.05, 4.69) is 5.32 Å². The van der Waals surface area contributed by atoms with Crippen LogP contribution in [0.5, 0.6) is 0 Å². The number of nitrogens with zero attached hydrogens (tertiary/aromatic N) is 2. The number of halogens is 1. The number of hydrogen-bond donors (Lipinski definition) is 1. The van der Waals surface area contributed by atoms with Crippen LogP contribution >= 0.6 is 12.4 Å². The molecule has 0 radical (unpaired) electrons.